The molecule has 0 radical (unpaired) electrons. The Balaban J connectivity index is 2.48. The van der Waals surface area contributed by atoms with Crippen LogP contribution in [-0.2, 0) is 33.4 Å². The zero-order valence-corrected chi connectivity index (χ0v) is 17.6. The SMILES string of the molecule is C/C=C1\C[C@@H](C)[C@](C)(OC(C)=O)C(=O)OC/C2=C/CN(C)CC[C@@H](OC1=O)C2=O. The second-order valence-corrected chi connectivity index (χ2v) is 7.73. The van der Waals surface area contributed by atoms with E-state index >= 15 is 0 Å². The van der Waals surface area contributed by atoms with Crippen LogP contribution in [0.4, 0.5) is 0 Å². The van der Waals surface area contributed by atoms with Gasteiger partial charge in [-0.15, -0.1) is 0 Å². The van der Waals surface area contributed by atoms with Crippen LogP contribution in [0.1, 0.15) is 40.5 Å². The molecule has 2 rings (SSSR count). The van der Waals surface area contributed by atoms with Crippen molar-refractivity contribution >= 4 is 23.7 Å². The van der Waals surface area contributed by atoms with Crippen molar-refractivity contribution in [2.24, 2.45) is 5.92 Å². The molecule has 2 aliphatic heterocycles. The van der Waals surface area contributed by atoms with Gasteiger partial charge in [-0.2, -0.15) is 0 Å². The Hall–Kier alpha value is -2.48. The standard InChI is InChI=1S/C21H29NO7/c1-6-15-11-13(2)21(4,29-14(3)23)20(26)27-12-16-7-9-22(5)10-8-17(18(16)24)28-19(15)25/h6-7,13,17H,8-12H2,1-5H3/b15-6+,16-7-/t13-,17-,21+/m1/s1. The highest BCUT2D eigenvalue weighted by Gasteiger charge is 2.45. The largest absolute Gasteiger partial charge is 0.458 e. The van der Waals surface area contributed by atoms with Gasteiger partial charge in [0, 0.05) is 43.5 Å². The van der Waals surface area contributed by atoms with E-state index in [1.165, 1.54) is 13.8 Å². The number of Topliss-reactive ketones (excluding diaryl/α,β-unsaturated/α-hetero) is 1. The first-order valence-corrected chi connectivity index (χ1v) is 9.73. The topological polar surface area (TPSA) is 99.2 Å². The molecular formula is C21H29NO7. The van der Waals surface area contributed by atoms with Crippen LogP contribution in [0.15, 0.2) is 23.3 Å². The predicted molar refractivity (Wildman–Crippen MR) is 104 cm³/mol. The minimum atomic E-state index is -1.61. The second kappa shape index (κ2) is 9.35. The third kappa shape index (κ3) is 5.32. The Bertz CT molecular complexity index is 754. The van der Waals surface area contributed by atoms with E-state index in [4.69, 9.17) is 14.2 Å². The zero-order valence-electron chi connectivity index (χ0n) is 17.6. The highest BCUT2D eigenvalue weighted by atomic mass is 16.6. The molecule has 3 atom stereocenters. The number of carbonyl (C=O) groups is 4. The number of nitrogens with zero attached hydrogens (tertiary/aromatic N) is 1. The summed E-state index contributed by atoms with van der Waals surface area (Å²) in [4.78, 5) is 52.1. The Morgan fingerprint density at radius 1 is 1.34 bits per heavy atom. The number of rotatable bonds is 1. The van der Waals surface area contributed by atoms with Gasteiger partial charge < -0.3 is 19.1 Å². The summed E-state index contributed by atoms with van der Waals surface area (Å²) < 4.78 is 16.3. The highest BCUT2D eigenvalue weighted by Crippen LogP contribution is 2.31. The maximum atomic E-state index is 12.9. The number of carbonyl (C=O) groups excluding carboxylic acids is 4. The first-order valence-electron chi connectivity index (χ1n) is 9.73. The zero-order chi connectivity index (χ0) is 21.8. The van der Waals surface area contributed by atoms with E-state index in [1.807, 2.05) is 11.9 Å². The third-order valence-electron chi connectivity index (χ3n) is 5.48. The predicted octanol–water partition coefficient (Wildman–Crippen LogP) is 1.58. The molecule has 2 bridgehead atoms. The van der Waals surface area contributed by atoms with Crippen LogP contribution in [-0.4, -0.2) is 67.0 Å². The van der Waals surface area contributed by atoms with Crippen LogP contribution in [0.25, 0.3) is 0 Å². The molecular weight excluding hydrogens is 378 g/mol. The van der Waals surface area contributed by atoms with Gasteiger partial charge in [0.1, 0.15) is 6.61 Å². The van der Waals surface area contributed by atoms with Gasteiger partial charge in [0.25, 0.3) is 0 Å². The molecule has 0 aromatic rings. The number of esters is 3. The summed E-state index contributed by atoms with van der Waals surface area (Å²) >= 11 is 0. The smallest absolute Gasteiger partial charge is 0.350 e. The fourth-order valence-electron chi connectivity index (χ4n) is 3.35. The maximum absolute atomic E-state index is 12.9. The lowest BCUT2D eigenvalue weighted by Crippen LogP contribution is -2.48. The summed E-state index contributed by atoms with van der Waals surface area (Å²) in [6.07, 6.45) is 2.78. The normalized spacial score (nSPS) is 33.2. The number of hydrogen-bond donors (Lipinski definition) is 0. The fourth-order valence-corrected chi connectivity index (χ4v) is 3.35. The molecule has 1 saturated heterocycles. The van der Waals surface area contributed by atoms with E-state index in [0.29, 0.717) is 25.1 Å². The number of allylic oxidation sites excluding steroid dienone is 1. The highest BCUT2D eigenvalue weighted by molar-refractivity contribution is 6.01. The van der Waals surface area contributed by atoms with Crippen molar-refractivity contribution in [2.75, 3.05) is 26.7 Å². The molecule has 0 aromatic heterocycles. The second-order valence-electron chi connectivity index (χ2n) is 7.73. The van der Waals surface area contributed by atoms with Gasteiger partial charge >= 0.3 is 17.9 Å². The fraction of sp³-hybridized carbons (Fsp3) is 0.619. The van der Waals surface area contributed by atoms with E-state index in [1.54, 1.807) is 26.0 Å². The van der Waals surface area contributed by atoms with Crippen molar-refractivity contribution in [3.63, 3.8) is 0 Å². The Kier molecular flexibility index (Phi) is 7.35. The van der Waals surface area contributed by atoms with Crippen molar-refractivity contribution in [3.05, 3.63) is 23.3 Å². The van der Waals surface area contributed by atoms with E-state index in [0.717, 1.165) is 0 Å². The van der Waals surface area contributed by atoms with Crippen LogP contribution < -0.4 is 0 Å². The summed E-state index contributed by atoms with van der Waals surface area (Å²) in [6, 6.07) is 0. The van der Waals surface area contributed by atoms with Gasteiger partial charge in [0.05, 0.1) is 0 Å². The molecule has 2 aliphatic rings. The lowest BCUT2D eigenvalue weighted by molar-refractivity contribution is -0.185. The Morgan fingerprint density at radius 3 is 2.66 bits per heavy atom. The number of ether oxygens (including phenoxy) is 3. The average Bonchev–Trinajstić information content (AvgIpc) is 2.65. The molecule has 8 nitrogen and oxygen atoms in total. The van der Waals surface area contributed by atoms with Crippen LogP contribution in [0.5, 0.6) is 0 Å². The van der Waals surface area contributed by atoms with Gasteiger partial charge in [-0.05, 0) is 27.3 Å². The minimum absolute atomic E-state index is 0.123. The van der Waals surface area contributed by atoms with Crippen LogP contribution >= 0.6 is 0 Å². The number of likely N-dealkylation sites (N-methyl/N-ethyl adjacent to an activating group) is 1. The number of fused-ring (bicyclic) bond motifs is 2. The lowest BCUT2D eigenvalue weighted by atomic mass is 9.84. The molecule has 0 amide bonds. The van der Waals surface area contributed by atoms with Crippen LogP contribution in [0.2, 0.25) is 0 Å². The summed E-state index contributed by atoms with van der Waals surface area (Å²) in [5.41, 5.74) is -1.05. The van der Waals surface area contributed by atoms with Gasteiger partial charge in [-0.3, -0.25) is 9.59 Å². The van der Waals surface area contributed by atoms with Gasteiger partial charge in [0.15, 0.2) is 6.10 Å². The van der Waals surface area contributed by atoms with Crippen molar-refractivity contribution < 1.29 is 33.4 Å². The average molecular weight is 407 g/mol. The van der Waals surface area contributed by atoms with Gasteiger partial charge in [-0.1, -0.05) is 19.1 Å². The molecule has 2 heterocycles. The molecule has 0 spiro atoms. The molecule has 1 fully saturated rings. The molecule has 0 N–H and O–H groups in total. The number of cyclic esters (lactones) is 1. The van der Waals surface area contributed by atoms with Gasteiger partial charge in [-0.25, -0.2) is 9.59 Å². The lowest BCUT2D eigenvalue weighted by Gasteiger charge is -2.34. The summed E-state index contributed by atoms with van der Waals surface area (Å²) in [6.45, 7) is 6.83. The van der Waals surface area contributed by atoms with Crippen molar-refractivity contribution in [1.82, 2.24) is 4.90 Å². The van der Waals surface area contributed by atoms with E-state index < -0.39 is 35.5 Å². The first-order chi connectivity index (χ1) is 13.6. The minimum Gasteiger partial charge on any atom is -0.458 e. The molecule has 8 heteroatoms. The number of hydrogen-bond acceptors (Lipinski definition) is 8. The maximum Gasteiger partial charge on any atom is 0.350 e. The third-order valence-corrected chi connectivity index (χ3v) is 5.48. The summed E-state index contributed by atoms with van der Waals surface area (Å²) in [5, 5.41) is 0. The summed E-state index contributed by atoms with van der Waals surface area (Å²) in [7, 11) is 1.88. The van der Waals surface area contributed by atoms with Crippen LogP contribution in [0, 0.1) is 5.92 Å². The quantitative estimate of drug-likeness (QED) is 0.367. The van der Waals surface area contributed by atoms with E-state index in [2.05, 4.69) is 0 Å². The van der Waals surface area contributed by atoms with E-state index in [9.17, 15) is 19.2 Å². The molecule has 0 aliphatic carbocycles. The van der Waals surface area contributed by atoms with Crippen molar-refractivity contribution in [2.45, 2.75) is 52.2 Å². The monoisotopic (exact) mass is 407 g/mol. The first kappa shape index (κ1) is 22.8. The Labute approximate surface area is 170 Å². The molecule has 160 valence electrons. The van der Waals surface area contributed by atoms with Gasteiger partial charge in [0.2, 0.25) is 11.4 Å². The molecule has 0 unspecified atom stereocenters. The number of ketones is 1. The van der Waals surface area contributed by atoms with Crippen LogP contribution in [0.3, 0.4) is 0 Å². The molecule has 29 heavy (non-hydrogen) atoms. The van der Waals surface area contributed by atoms with E-state index in [-0.39, 0.29) is 24.4 Å². The Morgan fingerprint density at radius 2 is 2.03 bits per heavy atom. The van der Waals surface area contributed by atoms with Crippen molar-refractivity contribution in [1.29, 1.82) is 0 Å². The molecule has 0 saturated carbocycles. The summed E-state index contributed by atoms with van der Waals surface area (Å²) in [5.74, 6) is -2.95. The molecule has 0 aromatic carbocycles. The van der Waals surface area contributed by atoms with Crippen molar-refractivity contribution in [3.8, 4) is 0 Å².